The average molecular weight is 281 g/mol. The van der Waals surface area contributed by atoms with Crippen molar-refractivity contribution in [3.63, 3.8) is 0 Å². The van der Waals surface area contributed by atoms with Gasteiger partial charge in [-0.2, -0.15) is 0 Å². The summed E-state index contributed by atoms with van der Waals surface area (Å²) in [6.45, 7) is 7.37. The molecule has 0 aromatic heterocycles. The van der Waals surface area contributed by atoms with E-state index in [0.29, 0.717) is 23.3 Å². The molecule has 0 aliphatic heterocycles. The molecule has 1 nitrogen and oxygen atoms in total. The molecule has 0 radical (unpaired) electrons. The predicted molar refractivity (Wildman–Crippen MR) is 78.4 cm³/mol. The lowest BCUT2D eigenvalue weighted by Gasteiger charge is -2.37. The van der Waals surface area contributed by atoms with E-state index in [1.54, 1.807) is 6.07 Å². The maximum Gasteiger partial charge on any atom is 0.130 e. The van der Waals surface area contributed by atoms with E-state index in [1.165, 1.54) is 12.5 Å². The molecule has 2 rings (SSSR count). The fourth-order valence-electron chi connectivity index (χ4n) is 3.79. The lowest BCUT2D eigenvalue weighted by Crippen LogP contribution is -2.33. The molecule has 20 heavy (non-hydrogen) atoms. The summed E-state index contributed by atoms with van der Waals surface area (Å²) in [5, 5.41) is 3.41. The number of hydrogen-bond acceptors (Lipinski definition) is 1. The standard InChI is InChI=1S/C17H25F2N/c1-4-20-17(13-8-11(2)7-12(3)9-13)15-6-5-14(18)10-16(15)19/h5-6,10-13,17,20H,4,7-9H2,1-3H3. The smallest absolute Gasteiger partial charge is 0.130 e. The molecule has 0 amide bonds. The molecule has 1 aliphatic carbocycles. The Morgan fingerprint density at radius 2 is 1.80 bits per heavy atom. The van der Waals surface area contributed by atoms with Crippen LogP contribution in [0.1, 0.15) is 51.6 Å². The Morgan fingerprint density at radius 3 is 2.35 bits per heavy atom. The molecule has 1 N–H and O–H groups in total. The first kappa shape index (κ1) is 15.4. The second-order valence-corrected chi connectivity index (χ2v) is 6.38. The van der Waals surface area contributed by atoms with Crippen molar-refractivity contribution >= 4 is 0 Å². The van der Waals surface area contributed by atoms with Crippen LogP contribution >= 0.6 is 0 Å². The van der Waals surface area contributed by atoms with E-state index in [4.69, 9.17) is 0 Å². The van der Waals surface area contributed by atoms with Gasteiger partial charge in [-0.3, -0.25) is 0 Å². The summed E-state index contributed by atoms with van der Waals surface area (Å²) >= 11 is 0. The second kappa shape index (κ2) is 6.66. The van der Waals surface area contributed by atoms with Gasteiger partial charge in [-0.15, -0.1) is 0 Å². The SMILES string of the molecule is CCNC(c1ccc(F)cc1F)C1CC(C)CC(C)C1. The first-order valence-electron chi connectivity index (χ1n) is 7.69. The van der Waals surface area contributed by atoms with Gasteiger partial charge in [0, 0.05) is 17.7 Å². The summed E-state index contributed by atoms with van der Waals surface area (Å²) < 4.78 is 27.2. The van der Waals surface area contributed by atoms with Gasteiger partial charge in [-0.1, -0.05) is 26.8 Å². The number of rotatable bonds is 4. The Kier molecular flexibility index (Phi) is 5.14. The van der Waals surface area contributed by atoms with Crippen LogP contribution in [0.4, 0.5) is 8.78 Å². The van der Waals surface area contributed by atoms with Crippen LogP contribution in [0, 0.1) is 29.4 Å². The van der Waals surface area contributed by atoms with Gasteiger partial charge in [0.15, 0.2) is 0 Å². The van der Waals surface area contributed by atoms with Crippen LogP contribution in [0.15, 0.2) is 18.2 Å². The first-order chi connectivity index (χ1) is 9.51. The summed E-state index contributed by atoms with van der Waals surface area (Å²) in [6.07, 6.45) is 3.47. The van der Waals surface area contributed by atoms with Crippen LogP contribution in [-0.4, -0.2) is 6.54 Å². The van der Waals surface area contributed by atoms with E-state index in [1.807, 2.05) is 6.92 Å². The zero-order chi connectivity index (χ0) is 14.7. The fourth-order valence-corrected chi connectivity index (χ4v) is 3.79. The minimum absolute atomic E-state index is 0.00852. The zero-order valence-electron chi connectivity index (χ0n) is 12.6. The van der Waals surface area contributed by atoms with E-state index in [9.17, 15) is 8.78 Å². The van der Waals surface area contributed by atoms with Crippen LogP contribution < -0.4 is 5.32 Å². The third-order valence-electron chi connectivity index (χ3n) is 4.41. The second-order valence-electron chi connectivity index (χ2n) is 6.38. The van der Waals surface area contributed by atoms with Gasteiger partial charge >= 0.3 is 0 Å². The maximum atomic E-state index is 14.1. The third kappa shape index (κ3) is 3.57. The quantitative estimate of drug-likeness (QED) is 0.844. The highest BCUT2D eigenvalue weighted by Gasteiger charge is 2.31. The summed E-state index contributed by atoms with van der Waals surface area (Å²) in [5.41, 5.74) is 0.611. The van der Waals surface area contributed by atoms with Crippen LogP contribution in [0.5, 0.6) is 0 Å². The fraction of sp³-hybridized carbons (Fsp3) is 0.647. The van der Waals surface area contributed by atoms with Crippen molar-refractivity contribution in [1.29, 1.82) is 0 Å². The van der Waals surface area contributed by atoms with Crippen molar-refractivity contribution in [3.05, 3.63) is 35.4 Å². The number of halogens is 2. The molecular weight excluding hydrogens is 256 g/mol. The van der Waals surface area contributed by atoms with Gasteiger partial charge in [0.2, 0.25) is 0 Å². The van der Waals surface area contributed by atoms with Gasteiger partial charge in [0.25, 0.3) is 0 Å². The Hall–Kier alpha value is -0.960. The number of nitrogens with one attached hydrogen (secondary N) is 1. The molecule has 1 fully saturated rings. The highest BCUT2D eigenvalue weighted by Crippen LogP contribution is 2.40. The monoisotopic (exact) mass is 281 g/mol. The largest absolute Gasteiger partial charge is 0.310 e. The van der Waals surface area contributed by atoms with E-state index >= 15 is 0 Å². The molecule has 1 aliphatic rings. The normalized spacial score (nSPS) is 28.4. The maximum absolute atomic E-state index is 14.1. The summed E-state index contributed by atoms with van der Waals surface area (Å²) in [7, 11) is 0. The van der Waals surface area contributed by atoms with Crippen LogP contribution in [0.3, 0.4) is 0 Å². The van der Waals surface area contributed by atoms with Crippen molar-refractivity contribution in [2.45, 2.75) is 46.1 Å². The highest BCUT2D eigenvalue weighted by atomic mass is 19.1. The van der Waals surface area contributed by atoms with Gasteiger partial charge in [0.05, 0.1) is 0 Å². The lowest BCUT2D eigenvalue weighted by molar-refractivity contribution is 0.175. The summed E-state index contributed by atoms with van der Waals surface area (Å²) in [4.78, 5) is 0. The van der Waals surface area contributed by atoms with Gasteiger partial charge in [0.1, 0.15) is 11.6 Å². The van der Waals surface area contributed by atoms with Crippen LogP contribution in [0.2, 0.25) is 0 Å². The Bertz CT molecular complexity index is 437. The topological polar surface area (TPSA) is 12.0 Å². The van der Waals surface area contributed by atoms with Crippen LogP contribution in [-0.2, 0) is 0 Å². The van der Waals surface area contributed by atoms with Gasteiger partial charge in [-0.05, 0) is 49.6 Å². The summed E-state index contributed by atoms with van der Waals surface area (Å²) in [5.74, 6) is 0.837. The Balaban J connectivity index is 2.25. The lowest BCUT2D eigenvalue weighted by atomic mass is 9.72. The molecule has 0 spiro atoms. The zero-order valence-corrected chi connectivity index (χ0v) is 12.6. The van der Waals surface area contributed by atoms with Crippen molar-refractivity contribution in [3.8, 4) is 0 Å². The van der Waals surface area contributed by atoms with Crippen molar-refractivity contribution in [2.75, 3.05) is 6.54 Å². The molecule has 1 aromatic rings. The molecule has 112 valence electrons. The van der Waals surface area contributed by atoms with Gasteiger partial charge < -0.3 is 5.32 Å². The third-order valence-corrected chi connectivity index (χ3v) is 4.41. The predicted octanol–water partition coefficient (Wildman–Crippen LogP) is 4.69. The van der Waals surface area contributed by atoms with E-state index < -0.39 is 11.6 Å². The Morgan fingerprint density at radius 1 is 1.15 bits per heavy atom. The van der Waals surface area contributed by atoms with E-state index in [-0.39, 0.29) is 6.04 Å². The molecule has 0 saturated heterocycles. The minimum atomic E-state index is -0.508. The number of hydrogen-bond donors (Lipinski definition) is 1. The molecule has 3 unspecified atom stereocenters. The average Bonchev–Trinajstić information content (AvgIpc) is 2.35. The molecule has 0 heterocycles. The van der Waals surface area contributed by atoms with E-state index in [2.05, 4.69) is 19.2 Å². The first-order valence-corrected chi connectivity index (χ1v) is 7.69. The van der Waals surface area contributed by atoms with Crippen molar-refractivity contribution < 1.29 is 8.78 Å². The highest BCUT2D eigenvalue weighted by molar-refractivity contribution is 5.23. The molecular formula is C17H25F2N. The molecule has 0 bridgehead atoms. The molecule has 3 heteroatoms. The molecule has 1 saturated carbocycles. The molecule has 3 atom stereocenters. The Labute approximate surface area is 120 Å². The summed E-state index contributed by atoms with van der Waals surface area (Å²) in [6, 6.07) is 3.95. The minimum Gasteiger partial charge on any atom is -0.310 e. The molecule has 1 aromatic carbocycles. The van der Waals surface area contributed by atoms with Gasteiger partial charge in [-0.25, -0.2) is 8.78 Å². The van der Waals surface area contributed by atoms with Crippen molar-refractivity contribution in [2.24, 2.45) is 17.8 Å². The van der Waals surface area contributed by atoms with Crippen molar-refractivity contribution in [1.82, 2.24) is 5.32 Å². The number of benzene rings is 1. The van der Waals surface area contributed by atoms with Crippen LogP contribution in [0.25, 0.3) is 0 Å². The van der Waals surface area contributed by atoms with E-state index in [0.717, 1.165) is 25.5 Å².